The average molecular weight is 333 g/mol. The van der Waals surface area contributed by atoms with E-state index in [1.54, 1.807) is 0 Å². The number of nitrogens with one attached hydrogen (secondary N) is 1. The van der Waals surface area contributed by atoms with Gasteiger partial charge in [0.05, 0.1) is 12.3 Å². The lowest BCUT2D eigenvalue weighted by atomic mass is 10.2. The fourth-order valence-corrected chi connectivity index (χ4v) is 3.62. The Morgan fingerprint density at radius 3 is 2.70 bits per heavy atom. The molecule has 2 aromatic rings. The van der Waals surface area contributed by atoms with Crippen LogP contribution in [0.3, 0.4) is 0 Å². The van der Waals surface area contributed by atoms with E-state index in [2.05, 4.69) is 4.72 Å². The Kier molecular flexibility index (Phi) is 4.54. The average Bonchev–Trinajstić information content (AvgIpc) is 2.52. The van der Waals surface area contributed by atoms with Gasteiger partial charge in [0.15, 0.2) is 11.5 Å². The van der Waals surface area contributed by atoms with Gasteiger partial charge in [-0.3, -0.25) is 0 Å². The van der Waals surface area contributed by atoms with Crippen LogP contribution in [-0.4, -0.2) is 27.7 Å². The molecule has 0 amide bonds. The molecule has 1 heterocycles. The predicted octanol–water partition coefficient (Wildman–Crippen LogP) is 2.25. The van der Waals surface area contributed by atoms with Gasteiger partial charge in [-0.1, -0.05) is 42.0 Å². The molecule has 1 unspecified atom stereocenters. The van der Waals surface area contributed by atoms with Crippen LogP contribution in [0.15, 0.2) is 48.5 Å². The van der Waals surface area contributed by atoms with Gasteiger partial charge in [0.2, 0.25) is 10.0 Å². The molecule has 0 saturated carbocycles. The number of fused-ring (bicyclic) bond motifs is 1. The molecule has 1 aliphatic heterocycles. The highest BCUT2D eigenvalue weighted by molar-refractivity contribution is 7.88. The summed E-state index contributed by atoms with van der Waals surface area (Å²) >= 11 is 0. The normalized spacial score (nSPS) is 17.0. The van der Waals surface area contributed by atoms with Gasteiger partial charge in [-0.05, 0) is 24.6 Å². The van der Waals surface area contributed by atoms with Crippen LogP contribution in [0.1, 0.15) is 11.1 Å². The molecule has 0 aromatic heterocycles. The van der Waals surface area contributed by atoms with Gasteiger partial charge in [-0.15, -0.1) is 0 Å². The molecular weight excluding hydrogens is 314 g/mol. The largest absolute Gasteiger partial charge is 0.486 e. The number of para-hydroxylation sites is 2. The standard InChI is InChI=1S/C17H19NO4S/c1-13-5-4-6-14(9-13)12-23(19,20)18-10-15-11-21-16-7-2-3-8-17(16)22-15/h2-9,15,18H,10-12H2,1H3. The van der Waals surface area contributed by atoms with Crippen LogP contribution in [0.5, 0.6) is 11.5 Å². The van der Waals surface area contributed by atoms with Gasteiger partial charge in [-0.25, -0.2) is 13.1 Å². The number of rotatable bonds is 5. The van der Waals surface area contributed by atoms with E-state index in [9.17, 15) is 8.42 Å². The van der Waals surface area contributed by atoms with Crippen molar-refractivity contribution in [1.82, 2.24) is 4.72 Å². The summed E-state index contributed by atoms with van der Waals surface area (Å²) in [4.78, 5) is 0. The minimum atomic E-state index is -3.41. The highest BCUT2D eigenvalue weighted by Gasteiger charge is 2.22. The summed E-state index contributed by atoms with van der Waals surface area (Å²) in [5.41, 5.74) is 1.81. The number of sulfonamides is 1. The van der Waals surface area contributed by atoms with Crippen LogP contribution < -0.4 is 14.2 Å². The highest BCUT2D eigenvalue weighted by atomic mass is 32.2. The third-order valence-corrected chi connectivity index (χ3v) is 4.86. The van der Waals surface area contributed by atoms with Crippen molar-refractivity contribution in [3.63, 3.8) is 0 Å². The van der Waals surface area contributed by atoms with Gasteiger partial charge in [0.25, 0.3) is 0 Å². The highest BCUT2D eigenvalue weighted by Crippen LogP contribution is 2.30. The van der Waals surface area contributed by atoms with E-state index in [1.807, 2.05) is 55.5 Å². The van der Waals surface area contributed by atoms with Crippen molar-refractivity contribution in [2.24, 2.45) is 0 Å². The summed E-state index contributed by atoms with van der Waals surface area (Å²) in [6.45, 7) is 2.45. The zero-order valence-corrected chi connectivity index (χ0v) is 13.7. The Bertz CT molecular complexity index is 789. The Labute approximate surface area is 136 Å². The molecule has 2 aromatic carbocycles. The number of hydrogen-bond donors (Lipinski definition) is 1. The van der Waals surface area contributed by atoms with Crippen LogP contribution in [0, 0.1) is 6.92 Å². The van der Waals surface area contributed by atoms with Gasteiger partial charge >= 0.3 is 0 Å². The molecule has 6 heteroatoms. The van der Waals surface area contributed by atoms with Crippen molar-refractivity contribution in [3.8, 4) is 11.5 Å². The van der Waals surface area contributed by atoms with Crippen LogP contribution in [0.25, 0.3) is 0 Å². The van der Waals surface area contributed by atoms with E-state index >= 15 is 0 Å². The van der Waals surface area contributed by atoms with Gasteiger partial charge in [0, 0.05) is 0 Å². The first kappa shape index (κ1) is 15.8. The van der Waals surface area contributed by atoms with Crippen molar-refractivity contribution in [1.29, 1.82) is 0 Å². The summed E-state index contributed by atoms with van der Waals surface area (Å²) in [7, 11) is -3.41. The number of hydrogen-bond acceptors (Lipinski definition) is 4. The van der Waals surface area contributed by atoms with Gasteiger partial charge in [0.1, 0.15) is 12.7 Å². The Morgan fingerprint density at radius 2 is 1.91 bits per heavy atom. The van der Waals surface area contributed by atoms with E-state index in [4.69, 9.17) is 9.47 Å². The maximum absolute atomic E-state index is 12.2. The van der Waals surface area contributed by atoms with Crippen molar-refractivity contribution in [2.75, 3.05) is 13.2 Å². The third-order valence-electron chi connectivity index (χ3n) is 3.54. The van der Waals surface area contributed by atoms with Crippen molar-refractivity contribution < 1.29 is 17.9 Å². The second-order valence-corrected chi connectivity index (χ2v) is 7.40. The van der Waals surface area contributed by atoms with Crippen LogP contribution in [-0.2, 0) is 15.8 Å². The van der Waals surface area contributed by atoms with E-state index in [0.717, 1.165) is 11.1 Å². The molecule has 1 N–H and O–H groups in total. The molecule has 5 nitrogen and oxygen atoms in total. The van der Waals surface area contributed by atoms with E-state index in [0.29, 0.717) is 18.1 Å². The lowest BCUT2D eigenvalue weighted by molar-refractivity contribution is 0.0943. The quantitative estimate of drug-likeness (QED) is 0.911. The predicted molar refractivity (Wildman–Crippen MR) is 88.2 cm³/mol. The maximum atomic E-state index is 12.2. The number of aryl methyl sites for hydroxylation is 1. The molecular formula is C17H19NO4S. The lowest BCUT2D eigenvalue weighted by Gasteiger charge is -2.26. The van der Waals surface area contributed by atoms with Crippen LogP contribution >= 0.6 is 0 Å². The van der Waals surface area contributed by atoms with E-state index in [-0.39, 0.29) is 18.4 Å². The molecule has 1 aliphatic rings. The molecule has 0 saturated heterocycles. The van der Waals surface area contributed by atoms with Gasteiger partial charge in [-0.2, -0.15) is 0 Å². The summed E-state index contributed by atoms with van der Waals surface area (Å²) in [6.07, 6.45) is -0.336. The topological polar surface area (TPSA) is 64.6 Å². The molecule has 0 aliphatic carbocycles. The van der Waals surface area contributed by atoms with Crippen LogP contribution in [0.2, 0.25) is 0 Å². The molecule has 0 spiro atoms. The molecule has 122 valence electrons. The SMILES string of the molecule is Cc1cccc(CS(=O)(=O)NCC2COc3ccccc3O2)c1. The molecule has 0 radical (unpaired) electrons. The fraction of sp³-hybridized carbons (Fsp3) is 0.294. The van der Waals surface area contributed by atoms with Gasteiger partial charge < -0.3 is 9.47 Å². The lowest BCUT2D eigenvalue weighted by Crippen LogP contribution is -2.41. The molecule has 23 heavy (non-hydrogen) atoms. The Hall–Kier alpha value is -2.05. The zero-order valence-electron chi connectivity index (χ0n) is 12.9. The first-order valence-electron chi connectivity index (χ1n) is 7.43. The summed E-state index contributed by atoms with van der Waals surface area (Å²) in [5.74, 6) is 1.28. The fourth-order valence-electron chi connectivity index (χ4n) is 2.46. The Morgan fingerprint density at radius 1 is 1.13 bits per heavy atom. The molecule has 1 atom stereocenters. The summed E-state index contributed by atoms with van der Waals surface area (Å²) in [5, 5.41) is 0. The third kappa shape index (κ3) is 4.24. The van der Waals surface area contributed by atoms with Crippen molar-refractivity contribution in [3.05, 3.63) is 59.7 Å². The zero-order chi connectivity index (χ0) is 16.3. The summed E-state index contributed by atoms with van der Waals surface area (Å²) in [6, 6.07) is 14.8. The number of benzene rings is 2. The maximum Gasteiger partial charge on any atom is 0.215 e. The minimum absolute atomic E-state index is 0.0428. The minimum Gasteiger partial charge on any atom is -0.486 e. The van der Waals surface area contributed by atoms with Crippen molar-refractivity contribution >= 4 is 10.0 Å². The first-order valence-corrected chi connectivity index (χ1v) is 9.08. The molecule has 0 bridgehead atoms. The molecule has 0 fully saturated rings. The Balaban J connectivity index is 1.58. The second-order valence-electron chi connectivity index (χ2n) is 5.59. The van der Waals surface area contributed by atoms with Crippen LogP contribution in [0.4, 0.5) is 0 Å². The molecule has 3 rings (SSSR count). The number of ether oxygens (including phenoxy) is 2. The van der Waals surface area contributed by atoms with Crippen molar-refractivity contribution in [2.45, 2.75) is 18.8 Å². The van der Waals surface area contributed by atoms with E-state index < -0.39 is 10.0 Å². The summed E-state index contributed by atoms with van der Waals surface area (Å²) < 4.78 is 38.3. The first-order chi connectivity index (χ1) is 11.0. The van der Waals surface area contributed by atoms with E-state index in [1.165, 1.54) is 0 Å². The monoisotopic (exact) mass is 333 g/mol. The smallest absolute Gasteiger partial charge is 0.215 e. The second kappa shape index (κ2) is 6.60.